The van der Waals surface area contributed by atoms with E-state index in [0.717, 1.165) is 16.7 Å². The van der Waals surface area contributed by atoms with Crippen LogP contribution in [0.3, 0.4) is 0 Å². The number of ether oxygens (including phenoxy) is 1. The van der Waals surface area contributed by atoms with Crippen LogP contribution in [0.25, 0.3) is 5.57 Å². The van der Waals surface area contributed by atoms with Gasteiger partial charge in [0.25, 0.3) is 0 Å². The van der Waals surface area contributed by atoms with Gasteiger partial charge in [0.05, 0.1) is 7.11 Å². The third kappa shape index (κ3) is 2.07. The second-order valence-electron chi connectivity index (χ2n) is 4.99. The summed E-state index contributed by atoms with van der Waals surface area (Å²) in [6.07, 6.45) is 0. The molecule has 0 aromatic heterocycles. The van der Waals surface area contributed by atoms with Crippen molar-refractivity contribution in [3.05, 3.63) is 76.4 Å². The van der Waals surface area contributed by atoms with Crippen LogP contribution < -0.4 is 0 Å². The summed E-state index contributed by atoms with van der Waals surface area (Å²) < 4.78 is 4.80. The fourth-order valence-corrected chi connectivity index (χ4v) is 2.65. The van der Waals surface area contributed by atoms with Gasteiger partial charge in [-0.1, -0.05) is 54.1 Å². The molecule has 0 saturated carbocycles. The molecule has 0 atom stereocenters. The van der Waals surface area contributed by atoms with E-state index in [1.54, 1.807) is 6.07 Å². The van der Waals surface area contributed by atoms with Gasteiger partial charge in [-0.05, 0) is 18.1 Å². The van der Waals surface area contributed by atoms with Gasteiger partial charge in [0.2, 0.25) is 5.78 Å². The molecular weight excluding hydrogens is 264 g/mol. The predicted octanol–water partition coefficient (Wildman–Crippen LogP) is 3.17. The molecule has 1 aliphatic carbocycles. The van der Waals surface area contributed by atoms with Crippen LogP contribution in [0.5, 0.6) is 0 Å². The van der Waals surface area contributed by atoms with Crippen LogP contribution >= 0.6 is 0 Å². The molecule has 2 aromatic rings. The second kappa shape index (κ2) is 5.02. The van der Waals surface area contributed by atoms with Crippen molar-refractivity contribution in [3.63, 3.8) is 0 Å². The Morgan fingerprint density at radius 2 is 1.71 bits per heavy atom. The third-order valence-corrected chi connectivity index (χ3v) is 3.62. The first-order chi connectivity index (χ1) is 10.1. The third-order valence-electron chi connectivity index (χ3n) is 3.62. The number of fused-ring (bicyclic) bond motifs is 1. The van der Waals surface area contributed by atoms with Crippen LogP contribution in [0.15, 0.2) is 54.1 Å². The predicted molar refractivity (Wildman–Crippen MR) is 80.0 cm³/mol. The lowest BCUT2D eigenvalue weighted by Gasteiger charge is -2.07. The van der Waals surface area contributed by atoms with E-state index in [1.165, 1.54) is 7.11 Å². The summed E-state index contributed by atoms with van der Waals surface area (Å²) in [6.45, 7) is 1.96. The minimum Gasteiger partial charge on any atom is -0.465 e. The molecule has 0 aliphatic heterocycles. The van der Waals surface area contributed by atoms with E-state index in [2.05, 4.69) is 0 Å². The van der Waals surface area contributed by atoms with E-state index >= 15 is 0 Å². The van der Waals surface area contributed by atoms with Crippen molar-refractivity contribution in [1.82, 2.24) is 0 Å². The molecule has 0 saturated heterocycles. The molecule has 3 heteroatoms. The summed E-state index contributed by atoms with van der Waals surface area (Å²) in [6, 6.07) is 15.0. The van der Waals surface area contributed by atoms with Crippen LogP contribution in [0.2, 0.25) is 0 Å². The SMILES string of the molecule is COC(=O)C1=C(c2ccccc2)c2cc(C)ccc2C1=O. The number of aryl methyl sites for hydroxylation is 1. The number of hydrogen-bond acceptors (Lipinski definition) is 3. The van der Waals surface area contributed by atoms with Gasteiger partial charge in [-0.3, -0.25) is 4.79 Å². The Morgan fingerprint density at radius 1 is 1.00 bits per heavy atom. The Balaban J connectivity index is 2.32. The fourth-order valence-electron chi connectivity index (χ4n) is 2.65. The summed E-state index contributed by atoms with van der Waals surface area (Å²) in [5.41, 5.74) is 4.01. The fraction of sp³-hybridized carbons (Fsp3) is 0.111. The Bertz CT molecular complexity index is 770. The highest BCUT2D eigenvalue weighted by molar-refractivity contribution is 6.35. The number of rotatable bonds is 2. The molecule has 0 N–H and O–H groups in total. The van der Waals surface area contributed by atoms with Gasteiger partial charge in [-0.25, -0.2) is 4.79 Å². The molecule has 0 heterocycles. The van der Waals surface area contributed by atoms with Crippen LogP contribution in [0.1, 0.15) is 27.0 Å². The number of ketones is 1. The number of Topliss-reactive ketones (excluding diaryl/α,β-unsaturated/α-hetero) is 1. The van der Waals surface area contributed by atoms with E-state index in [9.17, 15) is 9.59 Å². The van der Waals surface area contributed by atoms with Gasteiger partial charge in [0.1, 0.15) is 5.57 Å². The molecule has 0 bridgehead atoms. The highest BCUT2D eigenvalue weighted by atomic mass is 16.5. The Morgan fingerprint density at radius 3 is 2.38 bits per heavy atom. The second-order valence-corrected chi connectivity index (χ2v) is 4.99. The highest BCUT2D eigenvalue weighted by Crippen LogP contribution is 2.38. The topological polar surface area (TPSA) is 43.4 Å². The molecule has 0 spiro atoms. The molecule has 1 aliphatic rings. The quantitative estimate of drug-likeness (QED) is 0.626. The zero-order valence-corrected chi connectivity index (χ0v) is 11.8. The first kappa shape index (κ1) is 13.3. The maximum absolute atomic E-state index is 12.5. The van der Waals surface area contributed by atoms with Gasteiger partial charge >= 0.3 is 5.97 Å². The summed E-state index contributed by atoms with van der Waals surface area (Å²) in [4.78, 5) is 24.6. The minimum absolute atomic E-state index is 0.115. The summed E-state index contributed by atoms with van der Waals surface area (Å²) in [5, 5.41) is 0. The van der Waals surface area contributed by atoms with Crippen LogP contribution in [-0.4, -0.2) is 18.9 Å². The van der Waals surface area contributed by atoms with Gasteiger partial charge in [0.15, 0.2) is 0 Å². The van der Waals surface area contributed by atoms with Crippen molar-refractivity contribution in [3.8, 4) is 0 Å². The van der Waals surface area contributed by atoms with Gasteiger partial charge in [-0.2, -0.15) is 0 Å². The maximum atomic E-state index is 12.5. The normalized spacial score (nSPS) is 13.3. The van der Waals surface area contributed by atoms with Crippen molar-refractivity contribution in [1.29, 1.82) is 0 Å². The first-order valence-electron chi connectivity index (χ1n) is 6.67. The monoisotopic (exact) mass is 278 g/mol. The van der Waals surface area contributed by atoms with E-state index in [-0.39, 0.29) is 11.4 Å². The lowest BCUT2D eigenvalue weighted by Crippen LogP contribution is -2.12. The number of carbonyl (C=O) groups excluding carboxylic acids is 2. The van der Waals surface area contributed by atoms with E-state index in [1.807, 2.05) is 49.4 Å². The number of benzene rings is 2. The van der Waals surface area contributed by atoms with Crippen molar-refractivity contribution >= 4 is 17.3 Å². The van der Waals surface area contributed by atoms with Gasteiger partial charge in [0, 0.05) is 11.1 Å². The maximum Gasteiger partial charge on any atom is 0.342 e. The van der Waals surface area contributed by atoms with Crippen molar-refractivity contribution in [2.24, 2.45) is 0 Å². The summed E-state index contributed by atoms with van der Waals surface area (Å²) >= 11 is 0. The van der Waals surface area contributed by atoms with Crippen molar-refractivity contribution in [2.75, 3.05) is 7.11 Å². The van der Waals surface area contributed by atoms with E-state index in [0.29, 0.717) is 11.1 Å². The number of carbonyl (C=O) groups is 2. The molecule has 2 aromatic carbocycles. The molecule has 0 unspecified atom stereocenters. The highest BCUT2D eigenvalue weighted by Gasteiger charge is 2.35. The van der Waals surface area contributed by atoms with Crippen LogP contribution in [0, 0.1) is 6.92 Å². The molecule has 21 heavy (non-hydrogen) atoms. The smallest absolute Gasteiger partial charge is 0.342 e. The van der Waals surface area contributed by atoms with Gasteiger partial charge in [-0.15, -0.1) is 0 Å². The van der Waals surface area contributed by atoms with Crippen LogP contribution in [0.4, 0.5) is 0 Å². The average molecular weight is 278 g/mol. The standard InChI is InChI=1S/C18H14O3/c1-11-8-9-13-14(10-11)15(12-6-4-3-5-7-12)16(17(13)19)18(20)21-2/h3-10H,1-2H3. The Hall–Kier alpha value is -2.68. The lowest BCUT2D eigenvalue weighted by atomic mass is 9.96. The average Bonchev–Trinajstić information content (AvgIpc) is 2.79. The number of hydrogen-bond donors (Lipinski definition) is 0. The lowest BCUT2D eigenvalue weighted by molar-refractivity contribution is -0.135. The minimum atomic E-state index is -0.590. The Labute approximate surface area is 122 Å². The van der Waals surface area contributed by atoms with Gasteiger partial charge < -0.3 is 4.74 Å². The number of esters is 1. The van der Waals surface area contributed by atoms with Crippen molar-refractivity contribution in [2.45, 2.75) is 6.92 Å². The van der Waals surface area contributed by atoms with Crippen molar-refractivity contribution < 1.29 is 14.3 Å². The molecular formula is C18H14O3. The Kier molecular flexibility index (Phi) is 3.18. The van der Waals surface area contributed by atoms with E-state index in [4.69, 9.17) is 4.74 Å². The number of methoxy groups -OCH3 is 1. The molecule has 3 rings (SSSR count). The van der Waals surface area contributed by atoms with E-state index < -0.39 is 5.97 Å². The largest absolute Gasteiger partial charge is 0.465 e. The molecule has 0 amide bonds. The zero-order valence-electron chi connectivity index (χ0n) is 11.8. The summed E-state index contributed by atoms with van der Waals surface area (Å²) in [7, 11) is 1.29. The molecule has 104 valence electrons. The molecule has 3 nitrogen and oxygen atoms in total. The molecule has 0 radical (unpaired) electrons. The molecule has 0 fully saturated rings. The first-order valence-corrected chi connectivity index (χ1v) is 6.67. The van der Waals surface area contributed by atoms with Crippen LogP contribution in [-0.2, 0) is 9.53 Å². The zero-order chi connectivity index (χ0) is 15.0. The summed E-state index contributed by atoms with van der Waals surface area (Å²) in [5.74, 6) is -0.858.